The van der Waals surface area contributed by atoms with E-state index in [1.807, 2.05) is 6.92 Å². The number of para-hydroxylation sites is 1. The molecule has 12 nitrogen and oxygen atoms in total. The number of aliphatic hydroxyl groups excluding tert-OH is 1. The van der Waals surface area contributed by atoms with E-state index in [-0.39, 0.29) is 28.6 Å². The number of aromatic nitrogens is 5. The predicted octanol–water partition coefficient (Wildman–Crippen LogP) is 2.08. The van der Waals surface area contributed by atoms with Crippen molar-refractivity contribution in [2.45, 2.75) is 13.0 Å². The number of sulfonamides is 1. The number of anilines is 1. The minimum absolute atomic E-state index is 0.0208. The van der Waals surface area contributed by atoms with Gasteiger partial charge in [-0.05, 0) is 25.1 Å². The summed E-state index contributed by atoms with van der Waals surface area (Å²) in [5, 5.41) is 11.4. The molecule has 3 aromatic heterocycles. The maximum absolute atomic E-state index is 11.8. The van der Waals surface area contributed by atoms with Crippen LogP contribution in [0.1, 0.15) is 24.5 Å². The monoisotopic (exact) mass is 500 g/mol. The quantitative estimate of drug-likeness (QED) is 0.349. The zero-order chi connectivity index (χ0) is 25.2. The number of rotatable bonds is 9. The molecule has 0 radical (unpaired) electrons. The molecule has 35 heavy (non-hydrogen) atoms. The molecule has 1 atom stereocenters. The van der Waals surface area contributed by atoms with Crippen molar-refractivity contribution in [3.8, 4) is 23.1 Å². The van der Waals surface area contributed by atoms with Crippen molar-refractivity contribution < 1.29 is 27.7 Å². The van der Waals surface area contributed by atoms with E-state index in [1.54, 1.807) is 36.4 Å². The van der Waals surface area contributed by atoms with Crippen LogP contribution in [0, 0.1) is 0 Å². The molecule has 0 fully saturated rings. The van der Waals surface area contributed by atoms with Crippen LogP contribution in [0.25, 0.3) is 17.0 Å². The largest absolute Gasteiger partial charge is 0.494 e. The van der Waals surface area contributed by atoms with E-state index >= 15 is 0 Å². The first kappa shape index (κ1) is 24.2. The lowest BCUT2D eigenvalue weighted by Gasteiger charge is -2.18. The molecule has 0 aliphatic heterocycles. The Morgan fingerprint density at radius 3 is 2.37 bits per heavy atom. The summed E-state index contributed by atoms with van der Waals surface area (Å²) in [6.45, 7) is 2.24. The molecule has 0 saturated carbocycles. The number of fused-ring (bicyclic) bond motifs is 1. The van der Waals surface area contributed by atoms with Crippen LogP contribution < -0.4 is 18.9 Å². The number of imidazole rings is 1. The third-order valence-corrected chi connectivity index (χ3v) is 5.45. The van der Waals surface area contributed by atoms with E-state index < -0.39 is 16.1 Å². The van der Waals surface area contributed by atoms with Crippen LogP contribution in [0.2, 0.25) is 0 Å². The van der Waals surface area contributed by atoms with Crippen molar-refractivity contribution in [3.63, 3.8) is 0 Å². The van der Waals surface area contributed by atoms with Gasteiger partial charge in [-0.15, -0.1) is 0 Å². The SMILES string of the molecule is CCOc1cccc(C(O)c2nc3ncc(NS(C)(=O)=O)nc3n2-c2c(OC)cccc2OC)n1. The number of benzene rings is 1. The van der Waals surface area contributed by atoms with Crippen molar-refractivity contribution >= 4 is 27.1 Å². The topological polar surface area (TPSA) is 151 Å². The van der Waals surface area contributed by atoms with Crippen molar-refractivity contribution in [2.75, 3.05) is 31.8 Å². The molecule has 4 aromatic rings. The van der Waals surface area contributed by atoms with Crippen LogP contribution in [0.4, 0.5) is 5.82 Å². The first-order valence-electron chi connectivity index (χ1n) is 10.5. The predicted molar refractivity (Wildman–Crippen MR) is 128 cm³/mol. The summed E-state index contributed by atoms with van der Waals surface area (Å²) < 4.78 is 43.9. The van der Waals surface area contributed by atoms with Gasteiger partial charge < -0.3 is 19.3 Å². The molecule has 0 spiro atoms. The Kier molecular flexibility index (Phi) is 6.71. The van der Waals surface area contributed by atoms with Gasteiger partial charge in [0.2, 0.25) is 15.9 Å². The first-order valence-corrected chi connectivity index (χ1v) is 12.4. The third kappa shape index (κ3) is 4.95. The van der Waals surface area contributed by atoms with Crippen LogP contribution in [-0.4, -0.2) is 65.1 Å². The molecular formula is C22H24N6O6S. The van der Waals surface area contributed by atoms with Crippen LogP contribution >= 0.6 is 0 Å². The van der Waals surface area contributed by atoms with Crippen LogP contribution in [0.5, 0.6) is 17.4 Å². The van der Waals surface area contributed by atoms with Gasteiger partial charge in [-0.25, -0.2) is 28.4 Å². The second-order valence-corrected chi connectivity index (χ2v) is 9.08. The first-order chi connectivity index (χ1) is 16.8. The minimum Gasteiger partial charge on any atom is -0.494 e. The van der Waals surface area contributed by atoms with Crippen molar-refractivity contribution in [3.05, 3.63) is 54.1 Å². The number of nitrogens with one attached hydrogen (secondary N) is 1. The molecule has 0 saturated heterocycles. The highest BCUT2D eigenvalue weighted by Gasteiger charge is 2.28. The van der Waals surface area contributed by atoms with E-state index in [0.717, 1.165) is 6.26 Å². The number of methoxy groups -OCH3 is 2. The van der Waals surface area contributed by atoms with Crippen LogP contribution in [-0.2, 0) is 10.0 Å². The number of nitrogens with zero attached hydrogens (tertiary/aromatic N) is 5. The standard InChI is InChI=1S/C22H24N6O6S/c1-5-34-17-11-6-8-13(24-17)19(29)21-26-20-22(25-16(12-23-20)27-35(4,30)31)28(21)18-14(32-2)9-7-10-15(18)33-3/h6-12,19,29H,5H2,1-4H3,(H,25,27). The van der Waals surface area contributed by atoms with E-state index in [2.05, 4.69) is 24.7 Å². The number of pyridine rings is 1. The molecule has 0 aliphatic rings. The van der Waals surface area contributed by atoms with Gasteiger partial charge in [-0.1, -0.05) is 12.1 Å². The van der Waals surface area contributed by atoms with Crippen LogP contribution in [0.3, 0.4) is 0 Å². The lowest BCUT2D eigenvalue weighted by atomic mass is 10.2. The Balaban J connectivity index is 2.00. The molecule has 1 unspecified atom stereocenters. The highest BCUT2D eigenvalue weighted by Crippen LogP contribution is 2.37. The van der Waals surface area contributed by atoms with E-state index in [4.69, 9.17) is 14.2 Å². The lowest BCUT2D eigenvalue weighted by Crippen LogP contribution is -2.13. The van der Waals surface area contributed by atoms with Gasteiger partial charge in [0.1, 0.15) is 17.2 Å². The Bertz CT molecular complexity index is 1450. The molecule has 0 bridgehead atoms. The van der Waals surface area contributed by atoms with Crippen LogP contribution in [0.15, 0.2) is 42.6 Å². The second-order valence-electron chi connectivity index (χ2n) is 7.33. The summed E-state index contributed by atoms with van der Waals surface area (Å²) in [4.78, 5) is 17.5. The molecule has 3 heterocycles. The van der Waals surface area contributed by atoms with Gasteiger partial charge in [-0.2, -0.15) is 0 Å². The Morgan fingerprint density at radius 1 is 1.06 bits per heavy atom. The average Bonchev–Trinajstić information content (AvgIpc) is 3.20. The summed E-state index contributed by atoms with van der Waals surface area (Å²) in [6.07, 6.45) is 0.919. The molecule has 4 rings (SSSR count). The third-order valence-electron chi connectivity index (χ3n) is 4.87. The number of hydrogen-bond acceptors (Lipinski definition) is 10. The maximum atomic E-state index is 11.8. The summed E-state index contributed by atoms with van der Waals surface area (Å²) in [7, 11) is -0.639. The highest BCUT2D eigenvalue weighted by atomic mass is 32.2. The minimum atomic E-state index is -3.62. The lowest BCUT2D eigenvalue weighted by molar-refractivity contribution is 0.201. The number of ether oxygens (including phenoxy) is 3. The molecular weight excluding hydrogens is 476 g/mol. The molecule has 13 heteroatoms. The smallest absolute Gasteiger partial charge is 0.231 e. The summed E-state index contributed by atoms with van der Waals surface area (Å²) in [6, 6.07) is 10.2. The van der Waals surface area contributed by atoms with Gasteiger partial charge in [0.05, 0.1) is 39.0 Å². The molecule has 2 N–H and O–H groups in total. The number of aliphatic hydroxyl groups is 1. The zero-order valence-electron chi connectivity index (χ0n) is 19.5. The van der Waals surface area contributed by atoms with Gasteiger partial charge in [0, 0.05) is 6.07 Å². The highest BCUT2D eigenvalue weighted by molar-refractivity contribution is 7.92. The van der Waals surface area contributed by atoms with Gasteiger partial charge in [0.25, 0.3) is 0 Å². The normalized spacial score (nSPS) is 12.4. The summed E-state index contributed by atoms with van der Waals surface area (Å²) >= 11 is 0. The average molecular weight is 501 g/mol. The Labute approximate surface area is 201 Å². The Hall–Kier alpha value is -3.97. The van der Waals surface area contributed by atoms with Gasteiger partial charge >= 0.3 is 0 Å². The van der Waals surface area contributed by atoms with Crippen molar-refractivity contribution in [1.29, 1.82) is 0 Å². The zero-order valence-corrected chi connectivity index (χ0v) is 20.3. The van der Waals surface area contributed by atoms with E-state index in [0.29, 0.717) is 29.7 Å². The molecule has 1 aromatic carbocycles. The van der Waals surface area contributed by atoms with Crippen molar-refractivity contribution in [2.24, 2.45) is 0 Å². The van der Waals surface area contributed by atoms with Gasteiger partial charge in [0.15, 0.2) is 29.0 Å². The fourth-order valence-electron chi connectivity index (χ4n) is 3.51. The fraction of sp³-hybridized carbons (Fsp3) is 0.273. The van der Waals surface area contributed by atoms with Crippen molar-refractivity contribution in [1.82, 2.24) is 24.5 Å². The van der Waals surface area contributed by atoms with E-state index in [9.17, 15) is 13.5 Å². The Morgan fingerprint density at radius 2 is 1.74 bits per heavy atom. The van der Waals surface area contributed by atoms with Gasteiger partial charge in [-0.3, -0.25) is 9.29 Å². The second kappa shape index (κ2) is 9.72. The number of hydrogen-bond donors (Lipinski definition) is 2. The maximum Gasteiger partial charge on any atom is 0.231 e. The van der Waals surface area contributed by atoms with E-state index in [1.165, 1.54) is 25.0 Å². The summed E-state index contributed by atoms with van der Waals surface area (Å²) in [5.74, 6) is 1.23. The molecule has 0 aliphatic carbocycles. The molecule has 184 valence electrons. The summed E-state index contributed by atoms with van der Waals surface area (Å²) in [5.41, 5.74) is 0.986. The molecule has 0 amide bonds. The fourth-order valence-corrected chi connectivity index (χ4v) is 3.99.